The monoisotopic (exact) mass is 373 g/mol. The Morgan fingerprint density at radius 3 is 2.08 bits per heavy atom. The molecule has 1 N–H and O–H groups in total. The number of nitrogens with one attached hydrogen (secondary N) is 1. The van der Waals surface area contributed by atoms with Crippen LogP contribution in [0.3, 0.4) is 0 Å². The Kier molecular flexibility index (Phi) is 6.90. The first kappa shape index (κ1) is 21.0. The zero-order chi connectivity index (χ0) is 18.6. The normalized spacial score (nSPS) is 14.9. The van der Waals surface area contributed by atoms with Crippen LogP contribution in [0.2, 0.25) is 0 Å². The highest BCUT2D eigenvalue weighted by molar-refractivity contribution is 7.99. The van der Waals surface area contributed by atoms with E-state index >= 15 is 0 Å². The Labute approximate surface area is 149 Å². The second kappa shape index (κ2) is 7.89. The summed E-state index contributed by atoms with van der Waals surface area (Å²) in [5, 5.41) is 0. The molecule has 24 heavy (non-hydrogen) atoms. The summed E-state index contributed by atoms with van der Waals surface area (Å²) >= 11 is 1.68. The fraction of sp³-hybridized carbons (Fsp3) is 0.588. The maximum absolute atomic E-state index is 12.6. The van der Waals surface area contributed by atoms with Crippen LogP contribution in [-0.4, -0.2) is 31.5 Å². The van der Waals surface area contributed by atoms with E-state index in [1.54, 1.807) is 51.6 Å². The van der Waals surface area contributed by atoms with Crippen LogP contribution in [0.5, 0.6) is 0 Å². The topological polar surface area (TPSA) is 72.5 Å². The minimum atomic E-state index is -3.74. The Morgan fingerprint density at radius 2 is 1.67 bits per heavy atom. The number of carbonyl (C=O) groups excluding carboxylic acids is 1. The summed E-state index contributed by atoms with van der Waals surface area (Å²) in [7, 11) is -3.74. The van der Waals surface area contributed by atoms with Crippen molar-refractivity contribution < 1.29 is 17.9 Å². The van der Waals surface area contributed by atoms with Crippen molar-refractivity contribution in [2.24, 2.45) is 0 Å². The first-order chi connectivity index (χ1) is 11.0. The van der Waals surface area contributed by atoms with Gasteiger partial charge >= 0.3 is 5.97 Å². The van der Waals surface area contributed by atoms with Crippen LogP contribution in [-0.2, 0) is 25.1 Å². The highest BCUT2D eigenvalue weighted by atomic mass is 32.2. The SMILES string of the molecule is CCOC(=O)[C@](C)(NS(=O)(=O)C(C)(C)C)c1ccc(SCC)cc1. The number of hydrogen-bond donors (Lipinski definition) is 1. The molecule has 0 spiro atoms. The summed E-state index contributed by atoms with van der Waals surface area (Å²) in [6, 6.07) is 7.29. The molecule has 0 fully saturated rings. The smallest absolute Gasteiger partial charge is 0.331 e. The molecule has 5 nitrogen and oxygen atoms in total. The predicted octanol–water partition coefficient (Wildman–Crippen LogP) is 3.29. The molecule has 0 amide bonds. The number of benzene rings is 1. The van der Waals surface area contributed by atoms with Crippen LogP contribution >= 0.6 is 11.8 Å². The van der Waals surface area contributed by atoms with Gasteiger partial charge < -0.3 is 4.74 Å². The van der Waals surface area contributed by atoms with E-state index in [0.29, 0.717) is 5.56 Å². The van der Waals surface area contributed by atoms with Gasteiger partial charge in [-0.3, -0.25) is 0 Å². The molecule has 1 rings (SSSR count). The molecular weight excluding hydrogens is 346 g/mol. The van der Waals surface area contributed by atoms with Gasteiger partial charge in [0.05, 0.1) is 11.4 Å². The molecule has 0 saturated carbocycles. The maximum Gasteiger partial charge on any atom is 0.331 e. The van der Waals surface area contributed by atoms with Gasteiger partial charge in [-0.25, -0.2) is 13.2 Å². The van der Waals surface area contributed by atoms with E-state index in [1.165, 1.54) is 6.92 Å². The molecular formula is C17H27NO4S2. The molecule has 0 aromatic heterocycles. The summed E-state index contributed by atoms with van der Waals surface area (Å²) in [5.74, 6) is 0.319. The molecule has 0 unspecified atom stereocenters. The first-order valence-electron chi connectivity index (χ1n) is 7.92. The standard InChI is InChI=1S/C17H27NO4S2/c1-7-22-15(19)17(6,18-24(20,21)16(3,4)5)13-9-11-14(12-10-13)23-8-2/h9-12,18H,7-8H2,1-6H3/t17-/m1/s1. The summed E-state index contributed by atoms with van der Waals surface area (Å²) in [5.41, 5.74) is -0.924. The summed E-state index contributed by atoms with van der Waals surface area (Å²) in [4.78, 5) is 13.6. The third-order valence-corrected chi connectivity index (χ3v) is 6.75. The van der Waals surface area contributed by atoms with Gasteiger partial charge in [0.15, 0.2) is 5.54 Å². The molecule has 0 radical (unpaired) electrons. The van der Waals surface area contributed by atoms with Crippen molar-refractivity contribution in [1.29, 1.82) is 0 Å². The fourth-order valence-corrected chi connectivity index (χ4v) is 3.67. The van der Waals surface area contributed by atoms with Crippen molar-refractivity contribution in [2.75, 3.05) is 12.4 Å². The van der Waals surface area contributed by atoms with Crippen LogP contribution < -0.4 is 4.72 Å². The Bertz CT molecular complexity index is 663. The lowest BCUT2D eigenvalue weighted by Gasteiger charge is -2.32. The molecule has 0 aliphatic heterocycles. The van der Waals surface area contributed by atoms with E-state index in [2.05, 4.69) is 11.6 Å². The Hall–Kier alpha value is -1.05. The number of ether oxygens (including phenoxy) is 1. The largest absolute Gasteiger partial charge is 0.464 e. The Balaban J connectivity index is 3.32. The fourth-order valence-electron chi connectivity index (χ4n) is 1.97. The zero-order valence-corrected chi connectivity index (χ0v) is 16.8. The van der Waals surface area contributed by atoms with Gasteiger partial charge in [-0.1, -0.05) is 19.1 Å². The molecule has 7 heteroatoms. The summed E-state index contributed by atoms with van der Waals surface area (Å²) in [6.45, 7) is 10.2. The van der Waals surface area contributed by atoms with Gasteiger partial charge in [0, 0.05) is 4.90 Å². The van der Waals surface area contributed by atoms with Crippen molar-refractivity contribution in [3.63, 3.8) is 0 Å². The molecule has 1 aromatic rings. The number of carbonyl (C=O) groups is 1. The van der Waals surface area contributed by atoms with Crippen LogP contribution in [0, 0.1) is 0 Å². The van der Waals surface area contributed by atoms with E-state index in [1.807, 2.05) is 12.1 Å². The number of sulfonamides is 1. The minimum absolute atomic E-state index is 0.176. The molecule has 0 saturated heterocycles. The minimum Gasteiger partial charge on any atom is -0.464 e. The lowest BCUT2D eigenvalue weighted by atomic mass is 9.93. The van der Waals surface area contributed by atoms with Gasteiger partial charge in [0.2, 0.25) is 10.0 Å². The number of hydrogen-bond acceptors (Lipinski definition) is 5. The average Bonchev–Trinajstić information content (AvgIpc) is 2.46. The van der Waals surface area contributed by atoms with E-state index in [4.69, 9.17) is 4.74 Å². The lowest BCUT2D eigenvalue weighted by molar-refractivity contribution is -0.150. The van der Waals surface area contributed by atoms with Crippen molar-refractivity contribution in [2.45, 2.75) is 56.7 Å². The first-order valence-corrected chi connectivity index (χ1v) is 10.4. The lowest BCUT2D eigenvalue weighted by Crippen LogP contribution is -2.54. The van der Waals surface area contributed by atoms with Gasteiger partial charge in [-0.15, -0.1) is 11.8 Å². The second-order valence-corrected chi connectivity index (χ2v) is 10.3. The Morgan fingerprint density at radius 1 is 1.12 bits per heavy atom. The van der Waals surface area contributed by atoms with Crippen LogP contribution in [0.4, 0.5) is 0 Å². The maximum atomic E-state index is 12.6. The molecule has 0 aliphatic rings. The van der Waals surface area contributed by atoms with Crippen molar-refractivity contribution in [1.82, 2.24) is 4.72 Å². The van der Waals surface area contributed by atoms with Gasteiger partial charge in [-0.2, -0.15) is 4.72 Å². The number of thioether (sulfide) groups is 1. The molecule has 1 aromatic carbocycles. The van der Waals surface area contributed by atoms with Crippen molar-refractivity contribution in [3.05, 3.63) is 29.8 Å². The molecule has 0 heterocycles. The van der Waals surface area contributed by atoms with Crippen LogP contribution in [0.1, 0.15) is 47.1 Å². The number of esters is 1. The van der Waals surface area contributed by atoms with Gasteiger partial charge in [0.1, 0.15) is 0 Å². The highest BCUT2D eigenvalue weighted by Gasteiger charge is 2.44. The molecule has 0 bridgehead atoms. The van der Waals surface area contributed by atoms with Crippen molar-refractivity contribution in [3.8, 4) is 0 Å². The van der Waals surface area contributed by atoms with Gasteiger partial charge in [-0.05, 0) is 58.1 Å². The average molecular weight is 374 g/mol. The van der Waals surface area contributed by atoms with Gasteiger partial charge in [0.25, 0.3) is 0 Å². The quantitative estimate of drug-likeness (QED) is 0.586. The third-order valence-electron chi connectivity index (χ3n) is 3.57. The summed E-state index contributed by atoms with van der Waals surface area (Å²) < 4.78 is 31.8. The molecule has 0 aliphatic carbocycles. The molecule has 1 atom stereocenters. The third kappa shape index (κ3) is 4.74. The van der Waals surface area contributed by atoms with E-state index in [9.17, 15) is 13.2 Å². The van der Waals surface area contributed by atoms with Crippen molar-refractivity contribution >= 4 is 27.8 Å². The van der Waals surface area contributed by atoms with E-state index in [-0.39, 0.29) is 6.61 Å². The second-order valence-electron chi connectivity index (χ2n) is 6.52. The number of rotatable bonds is 7. The predicted molar refractivity (Wildman–Crippen MR) is 98.6 cm³/mol. The molecule has 136 valence electrons. The van der Waals surface area contributed by atoms with E-state index < -0.39 is 26.3 Å². The van der Waals surface area contributed by atoms with Crippen LogP contribution in [0.15, 0.2) is 29.2 Å². The highest BCUT2D eigenvalue weighted by Crippen LogP contribution is 2.29. The summed E-state index contributed by atoms with van der Waals surface area (Å²) in [6.07, 6.45) is 0. The zero-order valence-electron chi connectivity index (χ0n) is 15.2. The van der Waals surface area contributed by atoms with E-state index in [0.717, 1.165) is 10.6 Å². The van der Waals surface area contributed by atoms with Crippen LogP contribution in [0.25, 0.3) is 0 Å².